The van der Waals surface area contributed by atoms with Crippen molar-refractivity contribution in [2.75, 3.05) is 31.1 Å². The SMILES string of the molecule is O=C(O)c1c(F)n(C2CC2)c2cc(N3CCNCC3)c(F)c(F)c2c1=O. The molecule has 2 heterocycles. The average Bonchev–Trinajstić information content (AvgIpc) is 3.43. The van der Waals surface area contributed by atoms with Gasteiger partial charge < -0.3 is 19.9 Å². The van der Waals surface area contributed by atoms with Gasteiger partial charge in [-0.1, -0.05) is 0 Å². The summed E-state index contributed by atoms with van der Waals surface area (Å²) in [6.45, 7) is 2.04. The lowest BCUT2D eigenvalue weighted by atomic mass is 10.1. The molecule has 138 valence electrons. The monoisotopic (exact) mass is 367 g/mol. The Balaban J connectivity index is 2.07. The molecule has 1 aromatic carbocycles. The summed E-state index contributed by atoms with van der Waals surface area (Å²) in [7, 11) is 0. The van der Waals surface area contributed by atoms with Gasteiger partial charge in [0.1, 0.15) is 0 Å². The molecule has 0 unspecified atom stereocenters. The number of fused-ring (bicyclic) bond motifs is 1. The highest BCUT2D eigenvalue weighted by Crippen LogP contribution is 2.40. The zero-order valence-corrected chi connectivity index (χ0v) is 13.7. The van der Waals surface area contributed by atoms with E-state index in [1.54, 1.807) is 4.90 Å². The van der Waals surface area contributed by atoms with Crippen LogP contribution < -0.4 is 15.6 Å². The molecule has 1 aliphatic heterocycles. The van der Waals surface area contributed by atoms with E-state index in [4.69, 9.17) is 5.11 Å². The number of nitrogens with zero attached hydrogens (tertiary/aromatic N) is 2. The van der Waals surface area contributed by atoms with Crippen molar-refractivity contribution in [2.45, 2.75) is 18.9 Å². The van der Waals surface area contributed by atoms with Crippen molar-refractivity contribution in [1.29, 1.82) is 0 Å². The summed E-state index contributed by atoms with van der Waals surface area (Å²) >= 11 is 0. The Labute approximate surface area is 145 Å². The molecule has 0 atom stereocenters. The number of carboxylic acids is 1. The van der Waals surface area contributed by atoms with Gasteiger partial charge in [0.05, 0.1) is 16.6 Å². The summed E-state index contributed by atoms with van der Waals surface area (Å²) in [5, 5.41) is 11.5. The van der Waals surface area contributed by atoms with Crippen LogP contribution >= 0.6 is 0 Å². The Kier molecular flexibility index (Phi) is 3.91. The fraction of sp³-hybridized carbons (Fsp3) is 0.412. The van der Waals surface area contributed by atoms with Gasteiger partial charge in [0.15, 0.2) is 17.2 Å². The molecule has 1 saturated heterocycles. The molecule has 9 heteroatoms. The predicted octanol–water partition coefficient (Wildman–Crippen LogP) is 1.86. The van der Waals surface area contributed by atoms with Crippen LogP contribution in [0.5, 0.6) is 0 Å². The van der Waals surface area contributed by atoms with Crippen molar-refractivity contribution < 1.29 is 23.1 Å². The highest BCUT2D eigenvalue weighted by Gasteiger charge is 2.34. The number of anilines is 1. The van der Waals surface area contributed by atoms with Crippen LogP contribution in [-0.4, -0.2) is 41.8 Å². The smallest absolute Gasteiger partial charge is 0.344 e. The third-order valence-corrected chi connectivity index (χ3v) is 4.88. The maximum absolute atomic E-state index is 14.8. The van der Waals surface area contributed by atoms with E-state index in [0.29, 0.717) is 39.0 Å². The molecule has 0 spiro atoms. The Morgan fingerprint density at radius 3 is 2.38 bits per heavy atom. The average molecular weight is 367 g/mol. The molecule has 0 bridgehead atoms. The highest BCUT2D eigenvalue weighted by molar-refractivity contribution is 5.94. The fourth-order valence-electron chi connectivity index (χ4n) is 3.46. The quantitative estimate of drug-likeness (QED) is 0.810. The largest absolute Gasteiger partial charge is 0.477 e. The number of carboxylic acid groups (broad SMARTS) is 1. The number of nitrogens with one attached hydrogen (secondary N) is 1. The molecule has 2 N–H and O–H groups in total. The summed E-state index contributed by atoms with van der Waals surface area (Å²) in [4.78, 5) is 25.3. The number of carbonyl (C=O) groups is 1. The molecule has 2 fully saturated rings. The van der Waals surface area contributed by atoms with Gasteiger partial charge in [0, 0.05) is 32.2 Å². The maximum Gasteiger partial charge on any atom is 0.344 e. The standard InChI is InChI=1S/C17H16F3N3O3/c18-13-10(22-5-3-21-4-6-22)7-9-11(14(13)19)15(24)12(17(25)26)16(20)23(9)8-1-2-8/h7-8,21H,1-6H2,(H,25,26). The number of aromatic carboxylic acids is 1. The first kappa shape index (κ1) is 16.9. The third kappa shape index (κ3) is 2.45. The number of rotatable bonds is 3. The van der Waals surface area contributed by atoms with E-state index in [9.17, 15) is 22.8 Å². The van der Waals surface area contributed by atoms with Gasteiger partial charge in [0.2, 0.25) is 11.4 Å². The molecule has 0 amide bonds. The lowest BCUT2D eigenvalue weighted by Crippen LogP contribution is -2.44. The first-order valence-corrected chi connectivity index (χ1v) is 8.36. The van der Waals surface area contributed by atoms with Crippen LogP contribution in [0.2, 0.25) is 0 Å². The topological polar surface area (TPSA) is 74.6 Å². The van der Waals surface area contributed by atoms with Gasteiger partial charge in [-0.05, 0) is 18.9 Å². The minimum absolute atomic E-state index is 0.0484. The Morgan fingerprint density at radius 2 is 1.81 bits per heavy atom. The molecule has 6 nitrogen and oxygen atoms in total. The van der Waals surface area contributed by atoms with Crippen LogP contribution in [0.4, 0.5) is 18.9 Å². The maximum atomic E-state index is 14.8. The van der Waals surface area contributed by atoms with Gasteiger partial charge in [-0.3, -0.25) is 4.79 Å². The molecule has 0 radical (unpaired) electrons. The minimum Gasteiger partial charge on any atom is -0.477 e. The van der Waals surface area contributed by atoms with Crippen LogP contribution in [0, 0.1) is 17.6 Å². The summed E-state index contributed by atoms with van der Waals surface area (Å²) in [5.41, 5.74) is -2.65. The van der Waals surface area contributed by atoms with E-state index in [-0.39, 0.29) is 17.2 Å². The molecule has 4 rings (SSSR count). The molecular weight excluding hydrogens is 351 g/mol. The van der Waals surface area contributed by atoms with E-state index in [0.717, 1.165) is 4.57 Å². The molecule has 1 aromatic heterocycles. The van der Waals surface area contributed by atoms with E-state index in [1.807, 2.05) is 0 Å². The van der Waals surface area contributed by atoms with Crippen LogP contribution in [0.1, 0.15) is 29.2 Å². The summed E-state index contributed by atoms with van der Waals surface area (Å²) < 4.78 is 45.2. The lowest BCUT2D eigenvalue weighted by Gasteiger charge is -2.30. The normalized spacial score (nSPS) is 17.7. The molecule has 26 heavy (non-hydrogen) atoms. The van der Waals surface area contributed by atoms with Crippen molar-refractivity contribution in [1.82, 2.24) is 9.88 Å². The number of pyridine rings is 1. The number of halogens is 3. The van der Waals surface area contributed by atoms with Crippen molar-refractivity contribution >= 4 is 22.6 Å². The van der Waals surface area contributed by atoms with Crippen molar-refractivity contribution in [3.05, 3.63) is 39.4 Å². The number of hydrogen-bond donors (Lipinski definition) is 2. The van der Waals surface area contributed by atoms with Crippen LogP contribution in [0.25, 0.3) is 10.9 Å². The third-order valence-electron chi connectivity index (χ3n) is 4.88. The number of benzene rings is 1. The predicted molar refractivity (Wildman–Crippen MR) is 88.4 cm³/mol. The first-order valence-electron chi connectivity index (χ1n) is 8.36. The van der Waals surface area contributed by atoms with Gasteiger partial charge in [0.25, 0.3) is 0 Å². The zero-order chi connectivity index (χ0) is 18.6. The summed E-state index contributed by atoms with van der Waals surface area (Å²) in [6, 6.07) is 0.893. The molecule has 2 aliphatic rings. The summed E-state index contributed by atoms with van der Waals surface area (Å²) in [5.74, 6) is -5.66. The molecule has 2 aromatic rings. The van der Waals surface area contributed by atoms with Gasteiger partial charge in [-0.2, -0.15) is 4.39 Å². The number of aromatic nitrogens is 1. The molecule has 1 saturated carbocycles. The van der Waals surface area contributed by atoms with Crippen molar-refractivity contribution in [3.8, 4) is 0 Å². The second-order valence-electron chi connectivity index (χ2n) is 6.56. The lowest BCUT2D eigenvalue weighted by molar-refractivity contribution is 0.0688. The molecular formula is C17H16F3N3O3. The van der Waals surface area contributed by atoms with Crippen molar-refractivity contribution in [2.24, 2.45) is 0 Å². The van der Waals surface area contributed by atoms with E-state index < -0.39 is 39.9 Å². The van der Waals surface area contributed by atoms with Crippen LogP contribution in [0.15, 0.2) is 10.9 Å². The summed E-state index contributed by atoms with van der Waals surface area (Å²) in [6.07, 6.45) is 1.16. The van der Waals surface area contributed by atoms with E-state index >= 15 is 0 Å². The minimum atomic E-state index is -1.80. The van der Waals surface area contributed by atoms with E-state index in [1.165, 1.54) is 6.07 Å². The second kappa shape index (κ2) is 6.01. The molecule has 1 aliphatic carbocycles. The van der Waals surface area contributed by atoms with Gasteiger partial charge in [-0.25, -0.2) is 13.6 Å². The Hall–Kier alpha value is -2.55. The fourth-order valence-corrected chi connectivity index (χ4v) is 3.46. The van der Waals surface area contributed by atoms with Gasteiger partial charge >= 0.3 is 5.97 Å². The van der Waals surface area contributed by atoms with Crippen molar-refractivity contribution in [3.63, 3.8) is 0 Å². The Morgan fingerprint density at radius 1 is 1.15 bits per heavy atom. The van der Waals surface area contributed by atoms with E-state index in [2.05, 4.69) is 5.32 Å². The second-order valence-corrected chi connectivity index (χ2v) is 6.56. The number of hydrogen-bond acceptors (Lipinski definition) is 4. The first-order chi connectivity index (χ1) is 12.4. The number of piperazine rings is 1. The van der Waals surface area contributed by atoms with Crippen LogP contribution in [-0.2, 0) is 0 Å². The van der Waals surface area contributed by atoms with Gasteiger partial charge in [-0.15, -0.1) is 0 Å². The zero-order valence-electron chi connectivity index (χ0n) is 13.7. The van der Waals surface area contributed by atoms with Crippen LogP contribution in [0.3, 0.4) is 0 Å². The highest BCUT2D eigenvalue weighted by atomic mass is 19.2. The Bertz CT molecular complexity index is 979.